The van der Waals surface area contributed by atoms with E-state index in [9.17, 15) is 14.0 Å². The van der Waals surface area contributed by atoms with Gasteiger partial charge in [0.15, 0.2) is 11.6 Å². The lowest BCUT2D eigenvalue weighted by Crippen LogP contribution is -2.09. The van der Waals surface area contributed by atoms with Crippen molar-refractivity contribution in [2.24, 2.45) is 0 Å². The topological polar surface area (TPSA) is 52.6 Å². The number of hydrogen-bond donors (Lipinski definition) is 0. The number of aryl methyl sites for hydroxylation is 2. The molecular formula is C36H43FO4. The minimum absolute atomic E-state index is 0.0440. The van der Waals surface area contributed by atoms with Crippen LogP contribution in [0.25, 0.3) is 11.1 Å². The number of esters is 2. The van der Waals surface area contributed by atoms with E-state index in [2.05, 4.69) is 37.8 Å². The Morgan fingerprint density at radius 1 is 0.732 bits per heavy atom. The molecule has 0 radical (unpaired) electrons. The molecule has 0 amide bonds. The van der Waals surface area contributed by atoms with E-state index in [1.165, 1.54) is 43.4 Å². The molecule has 41 heavy (non-hydrogen) atoms. The molecule has 0 fully saturated rings. The Kier molecular flexibility index (Phi) is 13.8. The van der Waals surface area contributed by atoms with Gasteiger partial charge in [-0.3, -0.25) is 0 Å². The molecule has 0 aliphatic heterocycles. The first-order chi connectivity index (χ1) is 20.0. The zero-order valence-electron chi connectivity index (χ0n) is 24.3. The zero-order chi connectivity index (χ0) is 29.3. The van der Waals surface area contributed by atoms with E-state index in [0.717, 1.165) is 68.1 Å². The van der Waals surface area contributed by atoms with E-state index >= 15 is 0 Å². The number of rotatable bonds is 18. The van der Waals surface area contributed by atoms with Crippen molar-refractivity contribution < 1.29 is 23.5 Å². The van der Waals surface area contributed by atoms with E-state index in [1.54, 1.807) is 18.2 Å². The largest absolute Gasteiger partial charge is 0.463 e. The van der Waals surface area contributed by atoms with Gasteiger partial charge in [-0.1, -0.05) is 101 Å². The van der Waals surface area contributed by atoms with Gasteiger partial charge in [-0.15, -0.1) is 0 Å². The molecule has 0 unspecified atom stereocenters. The molecule has 0 saturated carbocycles. The highest BCUT2D eigenvalue weighted by atomic mass is 19.1. The maximum absolute atomic E-state index is 14.6. The highest BCUT2D eigenvalue weighted by molar-refractivity contribution is 5.91. The fourth-order valence-corrected chi connectivity index (χ4v) is 4.73. The summed E-state index contributed by atoms with van der Waals surface area (Å²) in [5.41, 5.74) is 4.63. The normalized spacial score (nSPS) is 10.8. The van der Waals surface area contributed by atoms with Crippen LogP contribution in [0.4, 0.5) is 4.39 Å². The lowest BCUT2D eigenvalue weighted by Gasteiger charge is -2.09. The number of hydrogen-bond acceptors (Lipinski definition) is 4. The van der Waals surface area contributed by atoms with Gasteiger partial charge in [0.05, 0.1) is 12.2 Å². The standard InChI is InChI=1S/C36H43FO4/c1-3-5-6-7-8-12-15-29-18-25-34(33(37)27-29)41-36(39)32-23-21-31(22-24-32)30-19-16-28(17-20-30)14-11-9-10-13-26-40-35(38)4-2/h4,16-25,27H,2-3,5-15,26H2,1H3. The highest BCUT2D eigenvalue weighted by Crippen LogP contribution is 2.24. The summed E-state index contributed by atoms with van der Waals surface area (Å²) in [5, 5.41) is 0. The van der Waals surface area contributed by atoms with Crippen molar-refractivity contribution in [2.75, 3.05) is 6.61 Å². The predicted octanol–water partition coefficient (Wildman–Crippen LogP) is 9.45. The molecule has 0 heterocycles. The number of unbranched alkanes of at least 4 members (excludes halogenated alkanes) is 8. The summed E-state index contributed by atoms with van der Waals surface area (Å²) in [7, 11) is 0. The smallest absolute Gasteiger partial charge is 0.343 e. The third-order valence-corrected chi connectivity index (χ3v) is 7.20. The first kappa shape index (κ1) is 31.8. The van der Waals surface area contributed by atoms with Gasteiger partial charge in [0.25, 0.3) is 0 Å². The molecule has 0 aromatic heterocycles. The Labute approximate surface area is 244 Å². The summed E-state index contributed by atoms with van der Waals surface area (Å²) < 4.78 is 25.0. The summed E-state index contributed by atoms with van der Waals surface area (Å²) in [6, 6.07) is 20.5. The van der Waals surface area contributed by atoms with Crippen molar-refractivity contribution >= 4 is 11.9 Å². The highest BCUT2D eigenvalue weighted by Gasteiger charge is 2.13. The molecule has 0 atom stereocenters. The molecule has 218 valence electrons. The van der Waals surface area contributed by atoms with Crippen molar-refractivity contribution in [1.29, 1.82) is 0 Å². The van der Waals surface area contributed by atoms with Gasteiger partial charge in [0.2, 0.25) is 0 Å². The lowest BCUT2D eigenvalue weighted by molar-refractivity contribution is -0.137. The van der Waals surface area contributed by atoms with Crippen LogP contribution in [0.5, 0.6) is 5.75 Å². The summed E-state index contributed by atoms with van der Waals surface area (Å²) >= 11 is 0. The van der Waals surface area contributed by atoms with Gasteiger partial charge in [-0.25, -0.2) is 14.0 Å². The lowest BCUT2D eigenvalue weighted by atomic mass is 10.0. The molecule has 0 spiro atoms. The second-order valence-corrected chi connectivity index (χ2v) is 10.5. The number of carbonyl (C=O) groups excluding carboxylic acids is 2. The average Bonchev–Trinajstić information content (AvgIpc) is 3.00. The summed E-state index contributed by atoms with van der Waals surface area (Å²) in [6.07, 6.45) is 14.2. The van der Waals surface area contributed by atoms with Crippen LogP contribution in [0.2, 0.25) is 0 Å². The second kappa shape index (κ2) is 17.9. The Morgan fingerprint density at radius 3 is 1.93 bits per heavy atom. The number of ether oxygens (including phenoxy) is 2. The van der Waals surface area contributed by atoms with Crippen molar-refractivity contribution in [1.82, 2.24) is 0 Å². The van der Waals surface area contributed by atoms with Crippen LogP contribution in [-0.2, 0) is 22.4 Å². The molecule has 0 N–H and O–H groups in total. The average molecular weight is 559 g/mol. The third kappa shape index (κ3) is 11.3. The van der Waals surface area contributed by atoms with Gasteiger partial charge in [0, 0.05) is 6.08 Å². The van der Waals surface area contributed by atoms with Gasteiger partial charge in [0.1, 0.15) is 0 Å². The van der Waals surface area contributed by atoms with E-state index in [4.69, 9.17) is 9.47 Å². The summed E-state index contributed by atoms with van der Waals surface area (Å²) in [5.74, 6) is -1.49. The van der Waals surface area contributed by atoms with Gasteiger partial charge in [-0.05, 0) is 78.6 Å². The fourth-order valence-electron chi connectivity index (χ4n) is 4.73. The molecular weight excluding hydrogens is 515 g/mol. The molecule has 3 aromatic rings. The minimum atomic E-state index is -0.576. The second-order valence-electron chi connectivity index (χ2n) is 10.5. The fraction of sp³-hybridized carbons (Fsp3) is 0.389. The van der Waals surface area contributed by atoms with E-state index in [0.29, 0.717) is 12.2 Å². The molecule has 0 bridgehead atoms. The van der Waals surface area contributed by atoms with Crippen LogP contribution in [0.15, 0.2) is 79.4 Å². The molecule has 3 aromatic carbocycles. The van der Waals surface area contributed by atoms with Crippen molar-refractivity contribution in [3.8, 4) is 16.9 Å². The maximum atomic E-state index is 14.6. The first-order valence-electron chi connectivity index (χ1n) is 15.0. The molecule has 0 aliphatic carbocycles. The van der Waals surface area contributed by atoms with Crippen molar-refractivity contribution in [3.63, 3.8) is 0 Å². The molecule has 0 saturated heterocycles. The van der Waals surface area contributed by atoms with E-state index in [-0.39, 0.29) is 11.7 Å². The van der Waals surface area contributed by atoms with Crippen LogP contribution in [0.3, 0.4) is 0 Å². The van der Waals surface area contributed by atoms with Crippen LogP contribution in [0, 0.1) is 5.82 Å². The Bertz CT molecular complexity index is 1230. The minimum Gasteiger partial charge on any atom is -0.463 e. The predicted molar refractivity (Wildman–Crippen MR) is 164 cm³/mol. The van der Waals surface area contributed by atoms with Crippen LogP contribution >= 0.6 is 0 Å². The van der Waals surface area contributed by atoms with Crippen molar-refractivity contribution in [2.45, 2.75) is 84.0 Å². The molecule has 3 rings (SSSR count). The first-order valence-corrected chi connectivity index (χ1v) is 15.0. The van der Waals surface area contributed by atoms with E-state index < -0.39 is 11.8 Å². The van der Waals surface area contributed by atoms with Gasteiger partial charge in [-0.2, -0.15) is 0 Å². The van der Waals surface area contributed by atoms with Crippen LogP contribution in [-0.4, -0.2) is 18.5 Å². The Morgan fingerprint density at radius 2 is 1.29 bits per heavy atom. The van der Waals surface area contributed by atoms with Gasteiger partial charge >= 0.3 is 11.9 Å². The number of halogens is 1. The summed E-state index contributed by atoms with van der Waals surface area (Å²) in [4.78, 5) is 23.7. The maximum Gasteiger partial charge on any atom is 0.343 e. The molecule has 4 nitrogen and oxygen atoms in total. The van der Waals surface area contributed by atoms with E-state index in [1.807, 2.05) is 18.2 Å². The molecule has 0 aliphatic rings. The summed E-state index contributed by atoms with van der Waals surface area (Å²) in [6.45, 7) is 6.03. The third-order valence-electron chi connectivity index (χ3n) is 7.20. The quantitative estimate of drug-likeness (QED) is 0.0675. The monoisotopic (exact) mass is 558 g/mol. The Balaban J connectivity index is 1.42. The van der Waals surface area contributed by atoms with Gasteiger partial charge < -0.3 is 9.47 Å². The van der Waals surface area contributed by atoms with Crippen LogP contribution < -0.4 is 4.74 Å². The molecule has 5 heteroatoms. The number of carbonyl (C=O) groups is 2. The Hall–Kier alpha value is -3.73. The SMILES string of the molecule is C=CC(=O)OCCCCCCc1ccc(-c2ccc(C(=O)Oc3ccc(CCCCCCCC)cc3F)cc2)cc1. The number of benzene rings is 3. The van der Waals surface area contributed by atoms with Crippen LogP contribution in [0.1, 0.15) is 92.6 Å². The zero-order valence-corrected chi connectivity index (χ0v) is 24.3. The van der Waals surface area contributed by atoms with Crippen molar-refractivity contribution in [3.05, 3.63) is 102 Å².